The van der Waals surface area contributed by atoms with E-state index in [0.717, 1.165) is 18.5 Å². The summed E-state index contributed by atoms with van der Waals surface area (Å²) in [5, 5.41) is -0.259. The van der Waals surface area contributed by atoms with Crippen LogP contribution in [0.15, 0.2) is 24.5 Å². The van der Waals surface area contributed by atoms with Gasteiger partial charge in [0.2, 0.25) is 5.88 Å². The summed E-state index contributed by atoms with van der Waals surface area (Å²) in [7, 11) is 1.36. The van der Waals surface area contributed by atoms with Crippen molar-refractivity contribution in [2.45, 2.75) is 12.8 Å². The maximum Gasteiger partial charge on any atom is 0.271 e. The second-order valence-electron chi connectivity index (χ2n) is 4.12. The van der Waals surface area contributed by atoms with Crippen LogP contribution < -0.4 is 4.74 Å². The summed E-state index contributed by atoms with van der Waals surface area (Å²) in [5.74, 6) is -4.05. The number of halogens is 4. The summed E-state index contributed by atoms with van der Waals surface area (Å²) in [4.78, 5) is 7.56. The fourth-order valence-corrected chi connectivity index (χ4v) is 1.91. The van der Waals surface area contributed by atoms with E-state index in [1.165, 1.54) is 13.2 Å². The van der Waals surface area contributed by atoms with Gasteiger partial charge in [0.25, 0.3) is 5.92 Å². The maximum absolute atomic E-state index is 14.1. The third kappa shape index (κ3) is 2.70. The fourth-order valence-electron chi connectivity index (χ4n) is 1.75. The minimum Gasteiger partial charge on any atom is -0.481 e. The zero-order chi connectivity index (χ0) is 14.9. The van der Waals surface area contributed by atoms with Crippen LogP contribution in [0, 0.1) is 5.82 Å². The second-order valence-corrected chi connectivity index (χ2v) is 4.53. The summed E-state index contributed by atoms with van der Waals surface area (Å²) in [6, 6.07) is 3.44. The highest BCUT2D eigenvalue weighted by Crippen LogP contribution is 2.39. The molecule has 0 atom stereocenters. The number of methoxy groups -OCH3 is 1. The molecule has 0 aliphatic heterocycles. The molecule has 0 saturated heterocycles. The molecule has 2 rings (SSSR count). The van der Waals surface area contributed by atoms with Crippen molar-refractivity contribution in [1.82, 2.24) is 9.97 Å². The molecule has 1 aromatic heterocycles. The molecule has 1 heterocycles. The lowest BCUT2D eigenvalue weighted by Crippen LogP contribution is -2.11. The number of rotatable bonds is 3. The Hall–Kier alpha value is -1.82. The van der Waals surface area contributed by atoms with Crippen LogP contribution in [-0.2, 0) is 5.92 Å². The summed E-state index contributed by atoms with van der Waals surface area (Å²) in [6.07, 6.45) is 1.10. The van der Waals surface area contributed by atoms with E-state index in [1.807, 2.05) is 0 Å². The van der Waals surface area contributed by atoms with Crippen LogP contribution >= 0.6 is 11.6 Å². The highest BCUT2D eigenvalue weighted by molar-refractivity contribution is 6.31. The highest BCUT2D eigenvalue weighted by atomic mass is 35.5. The van der Waals surface area contributed by atoms with Crippen molar-refractivity contribution in [3.63, 3.8) is 0 Å². The van der Waals surface area contributed by atoms with Crippen LogP contribution in [0.1, 0.15) is 12.5 Å². The summed E-state index contributed by atoms with van der Waals surface area (Å²) >= 11 is 5.66. The molecule has 0 N–H and O–H groups in total. The number of nitrogens with zero attached hydrogens (tertiary/aromatic N) is 2. The van der Waals surface area contributed by atoms with E-state index in [9.17, 15) is 13.2 Å². The lowest BCUT2D eigenvalue weighted by atomic mass is 9.99. The topological polar surface area (TPSA) is 35.0 Å². The molecule has 0 aliphatic carbocycles. The first-order chi connectivity index (χ1) is 9.34. The predicted octanol–water partition coefficient (Wildman–Crippen LogP) is 4.06. The van der Waals surface area contributed by atoms with E-state index in [4.69, 9.17) is 16.3 Å². The van der Waals surface area contributed by atoms with Gasteiger partial charge in [-0.05, 0) is 6.07 Å². The van der Waals surface area contributed by atoms with Crippen molar-refractivity contribution in [2.75, 3.05) is 7.11 Å². The first kappa shape index (κ1) is 14.6. The van der Waals surface area contributed by atoms with Gasteiger partial charge < -0.3 is 4.74 Å². The quantitative estimate of drug-likeness (QED) is 0.857. The minimum atomic E-state index is -3.24. The van der Waals surface area contributed by atoms with Crippen molar-refractivity contribution in [1.29, 1.82) is 0 Å². The molecule has 0 aliphatic rings. The first-order valence-electron chi connectivity index (χ1n) is 5.57. The molecule has 106 valence electrons. The van der Waals surface area contributed by atoms with Crippen LogP contribution in [-0.4, -0.2) is 17.1 Å². The Morgan fingerprint density at radius 3 is 2.55 bits per heavy atom. The predicted molar refractivity (Wildman–Crippen MR) is 68.6 cm³/mol. The summed E-state index contributed by atoms with van der Waals surface area (Å²) in [6.45, 7) is 0.678. The largest absolute Gasteiger partial charge is 0.481 e. The molecule has 0 spiro atoms. The van der Waals surface area contributed by atoms with Crippen molar-refractivity contribution < 1.29 is 17.9 Å². The molecule has 7 heteroatoms. The van der Waals surface area contributed by atoms with Crippen LogP contribution in [0.25, 0.3) is 11.3 Å². The molecule has 0 fully saturated rings. The monoisotopic (exact) mass is 302 g/mol. The number of alkyl halides is 2. The van der Waals surface area contributed by atoms with Gasteiger partial charge in [-0.15, -0.1) is 0 Å². The van der Waals surface area contributed by atoms with E-state index in [2.05, 4.69) is 9.97 Å². The molecule has 2 aromatic rings. The summed E-state index contributed by atoms with van der Waals surface area (Å²) in [5.41, 5.74) is -0.876. The first-order valence-corrected chi connectivity index (χ1v) is 5.95. The normalized spacial score (nSPS) is 11.5. The van der Waals surface area contributed by atoms with Gasteiger partial charge in [0.05, 0.1) is 17.8 Å². The van der Waals surface area contributed by atoms with E-state index in [1.54, 1.807) is 0 Å². The number of hydrogen-bond donors (Lipinski definition) is 0. The summed E-state index contributed by atoms with van der Waals surface area (Å²) < 4.78 is 46.2. The van der Waals surface area contributed by atoms with Crippen LogP contribution in [0.4, 0.5) is 13.2 Å². The van der Waals surface area contributed by atoms with Crippen LogP contribution in [0.2, 0.25) is 5.02 Å². The Morgan fingerprint density at radius 1 is 1.25 bits per heavy atom. The second kappa shape index (κ2) is 5.28. The molecule has 0 amide bonds. The van der Waals surface area contributed by atoms with Crippen LogP contribution in [0.3, 0.4) is 0 Å². The molecule has 0 saturated carbocycles. The molecule has 0 radical (unpaired) electrons. The van der Waals surface area contributed by atoms with Crippen molar-refractivity contribution in [3.05, 3.63) is 40.9 Å². The van der Waals surface area contributed by atoms with Crippen molar-refractivity contribution in [3.8, 4) is 17.1 Å². The molecular weight excluding hydrogens is 293 g/mol. The number of benzene rings is 1. The molecule has 1 aromatic carbocycles. The van der Waals surface area contributed by atoms with Crippen molar-refractivity contribution in [2.24, 2.45) is 0 Å². The molecule has 3 nitrogen and oxygen atoms in total. The average Bonchev–Trinajstić information content (AvgIpc) is 2.40. The lowest BCUT2D eigenvalue weighted by molar-refractivity contribution is 0.0178. The Kier molecular flexibility index (Phi) is 3.85. The number of ether oxygens (including phenoxy) is 1. The highest BCUT2D eigenvalue weighted by Gasteiger charge is 2.31. The lowest BCUT2D eigenvalue weighted by Gasteiger charge is -2.17. The average molecular weight is 303 g/mol. The number of hydrogen-bond acceptors (Lipinski definition) is 3. The fraction of sp³-hybridized carbons (Fsp3) is 0.231. The van der Waals surface area contributed by atoms with Crippen LogP contribution in [0.5, 0.6) is 5.88 Å². The van der Waals surface area contributed by atoms with Gasteiger partial charge in [0.1, 0.15) is 6.33 Å². The van der Waals surface area contributed by atoms with Gasteiger partial charge in [0.15, 0.2) is 5.82 Å². The van der Waals surface area contributed by atoms with Gasteiger partial charge in [-0.2, -0.15) is 0 Å². The molecule has 20 heavy (non-hydrogen) atoms. The molecule has 0 bridgehead atoms. The SMILES string of the molecule is COc1cc(-c2c(C(C)(F)F)ccc(Cl)c2F)ncn1. The van der Waals surface area contributed by atoms with Gasteiger partial charge >= 0.3 is 0 Å². The van der Waals surface area contributed by atoms with E-state index < -0.39 is 17.3 Å². The van der Waals surface area contributed by atoms with Gasteiger partial charge in [-0.1, -0.05) is 17.7 Å². The maximum atomic E-state index is 14.1. The molecule has 0 unspecified atom stereocenters. The zero-order valence-corrected chi connectivity index (χ0v) is 11.4. The Bertz CT molecular complexity index is 644. The van der Waals surface area contributed by atoms with Gasteiger partial charge in [-0.3, -0.25) is 0 Å². The van der Waals surface area contributed by atoms with Gasteiger partial charge in [0, 0.05) is 24.1 Å². The van der Waals surface area contributed by atoms with E-state index in [0.29, 0.717) is 6.92 Å². The van der Waals surface area contributed by atoms with Gasteiger partial charge in [-0.25, -0.2) is 23.1 Å². The van der Waals surface area contributed by atoms with E-state index in [-0.39, 0.29) is 22.2 Å². The minimum absolute atomic E-state index is 0.0200. The Morgan fingerprint density at radius 2 is 1.95 bits per heavy atom. The smallest absolute Gasteiger partial charge is 0.271 e. The zero-order valence-electron chi connectivity index (χ0n) is 10.6. The third-order valence-electron chi connectivity index (χ3n) is 2.68. The Labute approximate surface area is 118 Å². The Balaban J connectivity index is 2.74. The van der Waals surface area contributed by atoms with E-state index >= 15 is 0 Å². The standard InChI is InChI=1S/C13H10ClF3N2O/c1-13(16,17)7-3-4-8(14)12(15)11(7)9-5-10(20-2)19-6-18-9/h3-6H,1-2H3. The van der Waals surface area contributed by atoms with Crippen molar-refractivity contribution >= 4 is 11.6 Å². The number of aromatic nitrogens is 2. The molecular formula is C13H10ClF3N2O. The third-order valence-corrected chi connectivity index (χ3v) is 2.97.